The van der Waals surface area contributed by atoms with Gasteiger partial charge in [0.2, 0.25) is 5.78 Å². The van der Waals surface area contributed by atoms with E-state index >= 15 is 0 Å². The van der Waals surface area contributed by atoms with Crippen molar-refractivity contribution < 1.29 is 24.2 Å². The number of carbonyl (C=O) groups excluding carboxylic acids is 2. The Bertz CT molecular complexity index is 824. The Hall–Kier alpha value is -2.89. The molecule has 1 aromatic carbocycles. The highest BCUT2D eigenvalue weighted by Gasteiger charge is 2.32. The fourth-order valence-electron chi connectivity index (χ4n) is 3.45. The van der Waals surface area contributed by atoms with Crippen LogP contribution in [0.5, 0.6) is 0 Å². The molecule has 2 aromatic rings. The zero-order valence-electron chi connectivity index (χ0n) is 15.1. The Labute approximate surface area is 157 Å². The van der Waals surface area contributed by atoms with Gasteiger partial charge >= 0.3 is 11.9 Å². The van der Waals surface area contributed by atoms with E-state index in [4.69, 9.17) is 9.84 Å². The maximum absolute atomic E-state index is 12.7. The normalized spacial score (nSPS) is 15.3. The van der Waals surface area contributed by atoms with Gasteiger partial charge in [-0.05, 0) is 37.8 Å². The summed E-state index contributed by atoms with van der Waals surface area (Å²) in [5, 5.41) is 8.60. The molecule has 0 bridgehead atoms. The average Bonchev–Trinajstić information content (AvgIpc) is 3.26. The van der Waals surface area contributed by atoms with Gasteiger partial charge in [-0.2, -0.15) is 0 Å². The summed E-state index contributed by atoms with van der Waals surface area (Å²) in [4.78, 5) is 35.5. The van der Waals surface area contributed by atoms with Crippen LogP contribution in [0.2, 0.25) is 0 Å². The number of rotatable bonds is 9. The molecule has 0 saturated carbocycles. The molecule has 0 saturated heterocycles. The average molecular weight is 369 g/mol. The van der Waals surface area contributed by atoms with Crippen molar-refractivity contribution in [3.63, 3.8) is 0 Å². The molecule has 0 spiro atoms. The lowest BCUT2D eigenvalue weighted by atomic mass is 10.1. The number of nitrogens with zero attached hydrogens (tertiary/aromatic N) is 1. The molecule has 27 heavy (non-hydrogen) atoms. The van der Waals surface area contributed by atoms with Gasteiger partial charge in [0.05, 0.1) is 18.2 Å². The Morgan fingerprint density at radius 3 is 2.56 bits per heavy atom. The molecule has 2 heterocycles. The second kappa shape index (κ2) is 8.66. The number of ether oxygens (including phenoxy) is 1. The summed E-state index contributed by atoms with van der Waals surface area (Å²) >= 11 is 0. The number of carboxylic acid groups (broad SMARTS) is 1. The summed E-state index contributed by atoms with van der Waals surface area (Å²) in [6, 6.07) is 12.7. The number of ketones is 1. The number of carbonyl (C=O) groups is 3. The lowest BCUT2D eigenvalue weighted by Gasteiger charge is -2.10. The predicted octanol–water partition coefficient (Wildman–Crippen LogP) is 3.39. The van der Waals surface area contributed by atoms with Crippen LogP contribution in [0, 0.1) is 0 Å². The molecule has 0 aliphatic carbocycles. The van der Waals surface area contributed by atoms with Crippen LogP contribution in [0.3, 0.4) is 0 Å². The van der Waals surface area contributed by atoms with Gasteiger partial charge in [-0.1, -0.05) is 30.3 Å². The van der Waals surface area contributed by atoms with Gasteiger partial charge in [-0.3, -0.25) is 14.4 Å². The maximum Gasteiger partial charge on any atom is 0.315 e. The van der Waals surface area contributed by atoms with Gasteiger partial charge in [-0.15, -0.1) is 0 Å². The van der Waals surface area contributed by atoms with Crippen molar-refractivity contribution >= 4 is 17.7 Å². The van der Waals surface area contributed by atoms with E-state index in [2.05, 4.69) is 0 Å². The number of hydrogen-bond donors (Lipinski definition) is 1. The van der Waals surface area contributed by atoms with Gasteiger partial charge in [0.15, 0.2) is 0 Å². The van der Waals surface area contributed by atoms with Gasteiger partial charge in [-0.25, -0.2) is 0 Å². The lowest BCUT2D eigenvalue weighted by molar-refractivity contribution is -0.145. The lowest BCUT2D eigenvalue weighted by Crippen LogP contribution is -2.14. The van der Waals surface area contributed by atoms with Gasteiger partial charge in [0.1, 0.15) is 0 Å². The van der Waals surface area contributed by atoms with Crippen LogP contribution >= 0.6 is 0 Å². The van der Waals surface area contributed by atoms with Crippen molar-refractivity contribution in [2.75, 3.05) is 6.61 Å². The molecule has 1 N–H and O–H groups in total. The zero-order valence-corrected chi connectivity index (χ0v) is 15.1. The number of aromatic nitrogens is 1. The fraction of sp³-hybridized carbons (Fsp3) is 0.381. The summed E-state index contributed by atoms with van der Waals surface area (Å²) in [6.07, 6.45) is 2.73. The molecule has 1 aliphatic heterocycles. The second-order valence-corrected chi connectivity index (χ2v) is 6.70. The van der Waals surface area contributed by atoms with E-state index < -0.39 is 5.97 Å². The van der Waals surface area contributed by atoms with Crippen molar-refractivity contribution in [3.8, 4) is 0 Å². The monoisotopic (exact) mass is 369 g/mol. The molecule has 0 radical (unpaired) electrons. The van der Waals surface area contributed by atoms with E-state index in [1.54, 1.807) is 18.2 Å². The number of hydrogen-bond acceptors (Lipinski definition) is 4. The van der Waals surface area contributed by atoms with E-state index in [1.165, 1.54) is 0 Å². The molecule has 6 heteroatoms. The van der Waals surface area contributed by atoms with Crippen molar-refractivity contribution in [1.82, 2.24) is 4.57 Å². The molecule has 142 valence electrons. The smallest absolute Gasteiger partial charge is 0.315 e. The number of carboxylic acids is 1. The van der Waals surface area contributed by atoms with E-state index in [9.17, 15) is 14.4 Å². The van der Waals surface area contributed by atoms with Crippen LogP contribution < -0.4 is 0 Å². The second-order valence-electron chi connectivity index (χ2n) is 6.70. The van der Waals surface area contributed by atoms with Gasteiger partial charge in [0.25, 0.3) is 0 Å². The van der Waals surface area contributed by atoms with Crippen LogP contribution in [0.1, 0.15) is 59.8 Å². The summed E-state index contributed by atoms with van der Waals surface area (Å²) < 4.78 is 7.27. The SMILES string of the molecule is O=C(O)CCCCCOC(=O)C1CCn2c(C(=O)c3ccccc3)ccc21. The molecule has 0 amide bonds. The third-order valence-electron chi connectivity index (χ3n) is 4.85. The minimum absolute atomic E-state index is 0.0469. The van der Waals surface area contributed by atoms with Crippen LogP contribution in [-0.4, -0.2) is 34.0 Å². The molecule has 3 rings (SSSR count). The van der Waals surface area contributed by atoms with Crippen LogP contribution in [-0.2, 0) is 20.9 Å². The topological polar surface area (TPSA) is 85.6 Å². The molecule has 1 unspecified atom stereocenters. The summed E-state index contributed by atoms with van der Waals surface area (Å²) in [5.74, 6) is -1.47. The number of fused-ring (bicyclic) bond motifs is 1. The summed E-state index contributed by atoms with van der Waals surface area (Å²) in [7, 11) is 0. The van der Waals surface area contributed by atoms with Crippen LogP contribution in [0.15, 0.2) is 42.5 Å². The van der Waals surface area contributed by atoms with E-state index in [0.29, 0.717) is 43.7 Å². The maximum atomic E-state index is 12.7. The zero-order chi connectivity index (χ0) is 19.2. The Morgan fingerprint density at radius 2 is 1.81 bits per heavy atom. The molecular weight excluding hydrogens is 346 g/mol. The number of esters is 1. The highest BCUT2D eigenvalue weighted by Crippen LogP contribution is 2.32. The Balaban J connectivity index is 1.56. The van der Waals surface area contributed by atoms with E-state index in [-0.39, 0.29) is 24.1 Å². The minimum atomic E-state index is -0.806. The Morgan fingerprint density at radius 1 is 1.04 bits per heavy atom. The number of benzene rings is 1. The van der Waals surface area contributed by atoms with E-state index in [1.807, 2.05) is 28.8 Å². The summed E-state index contributed by atoms with van der Waals surface area (Å²) in [5.41, 5.74) is 2.05. The number of aliphatic carboxylic acids is 1. The minimum Gasteiger partial charge on any atom is -0.481 e. The first-order valence-corrected chi connectivity index (χ1v) is 9.25. The van der Waals surface area contributed by atoms with Crippen molar-refractivity contribution in [2.24, 2.45) is 0 Å². The van der Waals surface area contributed by atoms with Crippen LogP contribution in [0.4, 0.5) is 0 Å². The molecule has 1 aliphatic rings. The highest BCUT2D eigenvalue weighted by molar-refractivity contribution is 6.08. The van der Waals surface area contributed by atoms with Crippen molar-refractivity contribution in [1.29, 1.82) is 0 Å². The molecule has 1 atom stereocenters. The van der Waals surface area contributed by atoms with Gasteiger partial charge < -0.3 is 14.4 Å². The predicted molar refractivity (Wildman–Crippen MR) is 98.7 cm³/mol. The first-order valence-electron chi connectivity index (χ1n) is 9.25. The Kier molecular flexibility index (Phi) is 6.06. The third-order valence-corrected chi connectivity index (χ3v) is 4.85. The van der Waals surface area contributed by atoms with Crippen molar-refractivity contribution in [2.45, 2.75) is 44.6 Å². The largest absolute Gasteiger partial charge is 0.481 e. The molecule has 1 aromatic heterocycles. The highest BCUT2D eigenvalue weighted by atomic mass is 16.5. The standard InChI is InChI=1S/C21H23NO5/c23-19(24)9-5-2-6-14-27-21(26)16-12-13-22-17(16)10-11-18(22)20(25)15-7-3-1-4-8-15/h1,3-4,7-8,10-11,16H,2,5-6,9,12-14H2,(H,23,24). The fourth-order valence-corrected chi connectivity index (χ4v) is 3.45. The van der Waals surface area contributed by atoms with Crippen LogP contribution in [0.25, 0.3) is 0 Å². The first kappa shape index (κ1) is 18.9. The molecular formula is C21H23NO5. The van der Waals surface area contributed by atoms with Crippen molar-refractivity contribution in [3.05, 3.63) is 59.4 Å². The first-order chi connectivity index (χ1) is 13.1. The summed E-state index contributed by atoms with van der Waals surface area (Å²) in [6.45, 7) is 0.917. The van der Waals surface area contributed by atoms with Gasteiger partial charge in [0, 0.05) is 24.2 Å². The quantitative estimate of drug-likeness (QED) is 0.416. The number of unbranched alkanes of at least 4 members (excludes halogenated alkanes) is 2. The third kappa shape index (κ3) is 4.45. The van der Waals surface area contributed by atoms with E-state index in [0.717, 1.165) is 12.1 Å². The molecule has 0 fully saturated rings. The molecule has 6 nitrogen and oxygen atoms in total.